The molecule has 210 valence electrons. The fraction of sp³-hybridized carbons (Fsp3) is 0.323. The lowest BCUT2D eigenvalue weighted by Crippen LogP contribution is -2.47. The number of aromatic nitrogens is 4. The van der Waals surface area contributed by atoms with Gasteiger partial charge in [-0.25, -0.2) is 0 Å². The van der Waals surface area contributed by atoms with Gasteiger partial charge >= 0.3 is 0 Å². The molecule has 0 aliphatic heterocycles. The minimum Gasteiger partial charge on any atom is -0.343 e. The van der Waals surface area contributed by atoms with Gasteiger partial charge in [-0.05, 0) is 84.8 Å². The maximum atomic E-state index is 13.6. The number of hydrogen-bond acceptors (Lipinski definition) is 5. The molecule has 2 fully saturated rings. The lowest BCUT2D eigenvalue weighted by Gasteiger charge is -2.22. The van der Waals surface area contributed by atoms with Crippen molar-refractivity contribution >= 4 is 29.1 Å². The van der Waals surface area contributed by atoms with Gasteiger partial charge in [-0.1, -0.05) is 24.6 Å². The van der Waals surface area contributed by atoms with Crippen LogP contribution < -0.4 is 16.2 Å². The first kappa shape index (κ1) is 27.0. The van der Waals surface area contributed by atoms with Crippen molar-refractivity contribution in [2.75, 3.05) is 5.32 Å². The predicted molar refractivity (Wildman–Crippen MR) is 157 cm³/mol. The summed E-state index contributed by atoms with van der Waals surface area (Å²) in [5, 5.41) is 14.5. The van der Waals surface area contributed by atoms with Crippen LogP contribution in [0.3, 0.4) is 0 Å². The van der Waals surface area contributed by atoms with Gasteiger partial charge in [-0.3, -0.25) is 14.4 Å². The fourth-order valence-corrected chi connectivity index (χ4v) is 5.07. The highest BCUT2D eigenvalue weighted by Gasteiger charge is 2.46. The summed E-state index contributed by atoms with van der Waals surface area (Å²) in [5.41, 5.74) is 3.52. The highest BCUT2D eigenvalue weighted by atomic mass is 35.5. The summed E-state index contributed by atoms with van der Waals surface area (Å²) in [6.45, 7) is 1.91. The zero-order chi connectivity index (χ0) is 28.7. The number of anilines is 1. The van der Waals surface area contributed by atoms with E-state index < -0.39 is 11.5 Å². The topological polar surface area (TPSA) is 111 Å². The van der Waals surface area contributed by atoms with E-state index in [2.05, 4.69) is 20.8 Å². The van der Waals surface area contributed by atoms with Crippen molar-refractivity contribution in [1.82, 2.24) is 24.6 Å². The van der Waals surface area contributed by atoms with Crippen LogP contribution in [0.25, 0.3) is 22.5 Å². The molecule has 0 spiro atoms. The minimum atomic E-state index is -0.841. The zero-order valence-corrected chi connectivity index (χ0v) is 23.7. The summed E-state index contributed by atoms with van der Waals surface area (Å²) in [4.78, 5) is 38.9. The summed E-state index contributed by atoms with van der Waals surface area (Å²) in [7, 11) is 1.86. The number of nitrogens with one attached hydrogen (secondary N) is 2. The molecule has 6 rings (SSSR count). The van der Waals surface area contributed by atoms with Gasteiger partial charge in [0, 0.05) is 53.5 Å². The number of halogens is 1. The van der Waals surface area contributed by atoms with Crippen molar-refractivity contribution < 1.29 is 9.59 Å². The number of carbonyl (C=O) groups excluding carboxylic acids is 2. The molecule has 0 radical (unpaired) electrons. The molecule has 2 amide bonds. The second kappa shape index (κ2) is 10.6. The Morgan fingerprint density at radius 2 is 1.76 bits per heavy atom. The van der Waals surface area contributed by atoms with Crippen LogP contribution in [0, 0.1) is 5.41 Å². The monoisotopic (exact) mass is 570 g/mol. The van der Waals surface area contributed by atoms with E-state index in [9.17, 15) is 14.4 Å². The Hall–Kier alpha value is -4.24. The first-order chi connectivity index (χ1) is 19.7. The third kappa shape index (κ3) is 5.81. The summed E-state index contributed by atoms with van der Waals surface area (Å²) in [6, 6.07) is 15.8. The maximum absolute atomic E-state index is 13.6. The standard InChI is InChI=1S/C31H31ClN6O3/c1-31(13-14-31)30(41)35-26(29(40)34-23-7-3-19(4-8-23)28-36-33-18-37(28)2)16-22-15-20(5-11-25(22)32)21-6-12-27(39)38(17-21)24-9-10-24/h3-8,11-12,15,17-18,24,26H,9-10,13-14,16H2,1-2H3,(H,34,40)(H,35,41)/t26-/m0/s1. The molecule has 2 aromatic carbocycles. The van der Waals surface area contributed by atoms with Gasteiger partial charge in [0.1, 0.15) is 12.4 Å². The van der Waals surface area contributed by atoms with E-state index >= 15 is 0 Å². The Labute approximate surface area is 242 Å². The average Bonchev–Trinajstić information content (AvgIpc) is 3.89. The van der Waals surface area contributed by atoms with Crippen LogP contribution in [-0.2, 0) is 23.1 Å². The smallest absolute Gasteiger partial charge is 0.250 e. The van der Waals surface area contributed by atoms with Crippen LogP contribution in [-0.4, -0.2) is 37.2 Å². The first-order valence-corrected chi connectivity index (χ1v) is 14.2. The van der Waals surface area contributed by atoms with Crippen LogP contribution >= 0.6 is 11.6 Å². The number of nitrogens with zero attached hydrogens (tertiary/aromatic N) is 4. The van der Waals surface area contributed by atoms with Crippen LogP contribution in [0.2, 0.25) is 5.02 Å². The summed E-state index contributed by atoms with van der Waals surface area (Å²) < 4.78 is 3.60. The van der Waals surface area contributed by atoms with E-state index in [0.717, 1.165) is 47.9 Å². The molecule has 0 saturated heterocycles. The molecular weight excluding hydrogens is 540 g/mol. The number of aryl methyl sites for hydroxylation is 1. The molecule has 4 aromatic rings. The molecule has 2 saturated carbocycles. The maximum Gasteiger partial charge on any atom is 0.250 e. The number of rotatable bonds is 9. The van der Waals surface area contributed by atoms with Crippen molar-refractivity contribution in [3.05, 3.63) is 88.1 Å². The number of carbonyl (C=O) groups is 2. The molecule has 0 unspecified atom stereocenters. The number of amides is 2. The molecule has 2 aliphatic rings. The van der Waals surface area contributed by atoms with Gasteiger partial charge in [0.05, 0.1) is 0 Å². The SMILES string of the molecule is Cn1cnnc1-c1ccc(NC(=O)[C@H](Cc2cc(-c3ccc(=O)n(C4CC4)c3)ccc2Cl)NC(=O)C2(C)CC2)cc1. The molecule has 1 atom stereocenters. The molecule has 2 N–H and O–H groups in total. The van der Waals surface area contributed by atoms with E-state index in [1.54, 1.807) is 41.2 Å². The van der Waals surface area contributed by atoms with Crippen molar-refractivity contribution in [2.45, 2.75) is 51.1 Å². The Balaban J connectivity index is 1.24. The summed E-state index contributed by atoms with van der Waals surface area (Å²) in [6.07, 6.45) is 7.33. The molecule has 9 nitrogen and oxygen atoms in total. The third-order valence-electron chi connectivity index (χ3n) is 7.97. The molecule has 2 heterocycles. The Morgan fingerprint density at radius 1 is 1.05 bits per heavy atom. The molecule has 10 heteroatoms. The highest BCUT2D eigenvalue weighted by Crippen LogP contribution is 2.45. The van der Waals surface area contributed by atoms with E-state index in [1.807, 2.05) is 49.0 Å². The molecular formula is C31H31ClN6O3. The minimum absolute atomic E-state index is 0.0110. The number of benzene rings is 2. The first-order valence-electron chi connectivity index (χ1n) is 13.8. The molecule has 41 heavy (non-hydrogen) atoms. The van der Waals surface area contributed by atoms with Crippen molar-refractivity contribution in [2.24, 2.45) is 12.5 Å². The van der Waals surface area contributed by atoms with Crippen LogP contribution in [0.5, 0.6) is 0 Å². The largest absolute Gasteiger partial charge is 0.343 e. The second-order valence-corrected chi connectivity index (χ2v) is 11.7. The van der Waals surface area contributed by atoms with Crippen molar-refractivity contribution in [3.63, 3.8) is 0 Å². The van der Waals surface area contributed by atoms with E-state index in [1.165, 1.54) is 0 Å². The normalized spacial score (nSPS) is 16.2. The number of pyridine rings is 1. The Morgan fingerprint density at radius 3 is 2.41 bits per heavy atom. The van der Waals surface area contributed by atoms with Gasteiger partial charge in [0.15, 0.2) is 5.82 Å². The lowest BCUT2D eigenvalue weighted by atomic mass is 9.98. The van der Waals surface area contributed by atoms with Crippen LogP contribution in [0.15, 0.2) is 71.9 Å². The second-order valence-electron chi connectivity index (χ2n) is 11.3. The van der Waals surface area contributed by atoms with Gasteiger partial charge in [0.2, 0.25) is 11.8 Å². The van der Waals surface area contributed by atoms with Gasteiger partial charge in [0.25, 0.3) is 5.56 Å². The van der Waals surface area contributed by atoms with Gasteiger partial charge in [-0.2, -0.15) is 0 Å². The Kier molecular flexibility index (Phi) is 6.99. The fourth-order valence-electron chi connectivity index (χ4n) is 4.88. The summed E-state index contributed by atoms with van der Waals surface area (Å²) >= 11 is 6.61. The van der Waals surface area contributed by atoms with Crippen LogP contribution in [0.1, 0.15) is 44.2 Å². The van der Waals surface area contributed by atoms with E-state index in [-0.39, 0.29) is 29.8 Å². The van der Waals surface area contributed by atoms with Gasteiger partial charge in [-0.15, -0.1) is 10.2 Å². The Bertz CT molecular complexity index is 1680. The van der Waals surface area contributed by atoms with Crippen LogP contribution in [0.4, 0.5) is 5.69 Å². The quantitative estimate of drug-likeness (QED) is 0.301. The van der Waals surface area contributed by atoms with E-state index in [0.29, 0.717) is 16.5 Å². The highest BCUT2D eigenvalue weighted by molar-refractivity contribution is 6.31. The lowest BCUT2D eigenvalue weighted by molar-refractivity contribution is -0.129. The molecule has 0 bridgehead atoms. The average molecular weight is 571 g/mol. The van der Waals surface area contributed by atoms with E-state index in [4.69, 9.17) is 11.6 Å². The van der Waals surface area contributed by atoms with Crippen molar-refractivity contribution in [1.29, 1.82) is 0 Å². The summed E-state index contributed by atoms with van der Waals surface area (Å²) in [5.74, 6) is 0.240. The number of hydrogen-bond donors (Lipinski definition) is 2. The molecule has 2 aliphatic carbocycles. The predicted octanol–water partition coefficient (Wildman–Crippen LogP) is 4.77. The van der Waals surface area contributed by atoms with Crippen molar-refractivity contribution in [3.8, 4) is 22.5 Å². The van der Waals surface area contributed by atoms with Gasteiger partial charge < -0.3 is 19.8 Å². The molecule has 2 aromatic heterocycles. The third-order valence-corrected chi connectivity index (χ3v) is 8.34. The zero-order valence-electron chi connectivity index (χ0n) is 22.9.